The first kappa shape index (κ1) is 15.3. The first-order valence-corrected chi connectivity index (χ1v) is 7.53. The summed E-state index contributed by atoms with van der Waals surface area (Å²) in [7, 11) is 0. The number of thioether (sulfide) groups is 1. The van der Waals surface area contributed by atoms with Crippen LogP contribution in [0.4, 0.5) is 5.82 Å². The fourth-order valence-corrected chi connectivity index (χ4v) is 2.38. The van der Waals surface area contributed by atoms with E-state index in [0.717, 1.165) is 25.1 Å². The molecular formula is C13H16N6OS. The highest BCUT2D eigenvalue weighted by atomic mass is 32.2. The van der Waals surface area contributed by atoms with Gasteiger partial charge in [0, 0.05) is 6.42 Å². The Balaban J connectivity index is 2.04. The van der Waals surface area contributed by atoms with E-state index in [1.807, 2.05) is 13.0 Å². The van der Waals surface area contributed by atoms with Crippen LogP contribution in [0.2, 0.25) is 0 Å². The number of nitrogens with two attached hydrogens (primary N) is 1. The molecule has 0 saturated heterocycles. The van der Waals surface area contributed by atoms with E-state index in [1.165, 1.54) is 18.0 Å². The molecule has 2 rings (SSSR count). The molecule has 0 bridgehead atoms. The number of aryl methyl sites for hydroxylation is 1. The molecule has 0 aromatic carbocycles. The number of unbranched alkanes of at least 4 members (excludes halogenated alkanes) is 1. The second kappa shape index (κ2) is 7.04. The van der Waals surface area contributed by atoms with Crippen molar-refractivity contribution < 1.29 is 4.52 Å². The SMILES string of the molecule is CCCCc1noc(C(C)Sc2ncc(C#N)c(N)n2)n1. The lowest BCUT2D eigenvalue weighted by molar-refractivity contribution is 0.374. The highest BCUT2D eigenvalue weighted by Crippen LogP contribution is 2.32. The van der Waals surface area contributed by atoms with Crippen LogP contribution in [0.25, 0.3) is 0 Å². The van der Waals surface area contributed by atoms with Gasteiger partial charge in [-0.3, -0.25) is 0 Å². The standard InChI is InChI=1S/C13H16N6OS/c1-3-4-5-10-17-12(20-19-10)8(2)21-13-16-7-9(6-14)11(15)18-13/h7-8H,3-5H2,1-2H3,(H2,15,16,18). The smallest absolute Gasteiger partial charge is 0.239 e. The van der Waals surface area contributed by atoms with Crippen molar-refractivity contribution in [1.82, 2.24) is 20.1 Å². The van der Waals surface area contributed by atoms with Crippen LogP contribution in [-0.2, 0) is 6.42 Å². The average molecular weight is 304 g/mol. The van der Waals surface area contributed by atoms with Crippen molar-refractivity contribution in [3.05, 3.63) is 23.5 Å². The van der Waals surface area contributed by atoms with Gasteiger partial charge in [-0.1, -0.05) is 30.3 Å². The summed E-state index contributed by atoms with van der Waals surface area (Å²) in [6.45, 7) is 4.05. The molecule has 0 aliphatic heterocycles. The molecule has 2 aromatic rings. The van der Waals surface area contributed by atoms with Crippen LogP contribution in [0.1, 0.15) is 49.2 Å². The average Bonchev–Trinajstić information content (AvgIpc) is 2.94. The summed E-state index contributed by atoms with van der Waals surface area (Å²) in [6.07, 6.45) is 4.36. The van der Waals surface area contributed by atoms with Crippen molar-refractivity contribution in [1.29, 1.82) is 5.26 Å². The van der Waals surface area contributed by atoms with E-state index < -0.39 is 0 Å². The minimum atomic E-state index is -0.0831. The van der Waals surface area contributed by atoms with Crippen molar-refractivity contribution in [2.45, 2.75) is 43.5 Å². The van der Waals surface area contributed by atoms with Crippen molar-refractivity contribution >= 4 is 17.6 Å². The third kappa shape index (κ3) is 3.92. The van der Waals surface area contributed by atoms with Crippen LogP contribution in [0, 0.1) is 11.3 Å². The molecule has 8 heteroatoms. The van der Waals surface area contributed by atoms with Gasteiger partial charge in [-0.2, -0.15) is 10.2 Å². The van der Waals surface area contributed by atoms with E-state index in [9.17, 15) is 0 Å². The Morgan fingerprint density at radius 2 is 2.29 bits per heavy atom. The maximum atomic E-state index is 8.79. The van der Waals surface area contributed by atoms with Gasteiger partial charge in [0.05, 0.1) is 11.4 Å². The molecule has 1 atom stereocenters. The number of anilines is 1. The summed E-state index contributed by atoms with van der Waals surface area (Å²) in [5.41, 5.74) is 5.94. The van der Waals surface area contributed by atoms with Crippen LogP contribution in [0.5, 0.6) is 0 Å². The molecule has 0 radical (unpaired) electrons. The predicted octanol–water partition coefficient (Wildman–Crippen LogP) is 2.51. The molecule has 0 aliphatic rings. The maximum absolute atomic E-state index is 8.79. The molecule has 21 heavy (non-hydrogen) atoms. The molecule has 2 aromatic heterocycles. The summed E-state index contributed by atoms with van der Waals surface area (Å²) in [5.74, 6) is 1.44. The predicted molar refractivity (Wildman–Crippen MR) is 78.3 cm³/mol. The van der Waals surface area contributed by atoms with E-state index in [4.69, 9.17) is 15.5 Å². The van der Waals surface area contributed by atoms with Crippen molar-refractivity contribution in [3.8, 4) is 6.07 Å². The Morgan fingerprint density at radius 1 is 1.48 bits per heavy atom. The number of rotatable bonds is 6. The molecule has 0 aliphatic carbocycles. The summed E-state index contributed by atoms with van der Waals surface area (Å²) in [6, 6.07) is 1.93. The van der Waals surface area contributed by atoms with Crippen LogP contribution in [-0.4, -0.2) is 20.1 Å². The fourth-order valence-electron chi connectivity index (χ4n) is 1.60. The zero-order valence-electron chi connectivity index (χ0n) is 11.9. The van der Waals surface area contributed by atoms with Crippen LogP contribution >= 0.6 is 11.8 Å². The van der Waals surface area contributed by atoms with Gasteiger partial charge in [-0.05, 0) is 13.3 Å². The van der Waals surface area contributed by atoms with E-state index in [2.05, 4.69) is 27.0 Å². The van der Waals surface area contributed by atoms with Crippen LogP contribution in [0.3, 0.4) is 0 Å². The normalized spacial score (nSPS) is 12.0. The lowest BCUT2D eigenvalue weighted by Crippen LogP contribution is -1.99. The zero-order valence-corrected chi connectivity index (χ0v) is 12.7. The van der Waals surface area contributed by atoms with Gasteiger partial charge in [0.1, 0.15) is 17.5 Å². The summed E-state index contributed by atoms with van der Waals surface area (Å²) in [5, 5.41) is 13.1. The molecule has 1 unspecified atom stereocenters. The molecular weight excluding hydrogens is 288 g/mol. The van der Waals surface area contributed by atoms with Gasteiger partial charge in [0.2, 0.25) is 5.89 Å². The molecule has 2 N–H and O–H groups in total. The van der Waals surface area contributed by atoms with E-state index in [-0.39, 0.29) is 16.6 Å². The molecule has 2 heterocycles. The van der Waals surface area contributed by atoms with E-state index in [1.54, 1.807) is 0 Å². The largest absolute Gasteiger partial charge is 0.382 e. The second-order valence-corrected chi connectivity index (χ2v) is 5.78. The Kier molecular flexibility index (Phi) is 5.11. The maximum Gasteiger partial charge on any atom is 0.239 e. The topological polar surface area (TPSA) is 115 Å². The first-order chi connectivity index (χ1) is 10.1. The van der Waals surface area contributed by atoms with Crippen LogP contribution in [0.15, 0.2) is 15.9 Å². The summed E-state index contributed by atoms with van der Waals surface area (Å²) in [4.78, 5) is 12.5. The second-order valence-electron chi connectivity index (χ2n) is 4.48. The number of hydrogen-bond donors (Lipinski definition) is 1. The Hall–Kier alpha value is -2.14. The van der Waals surface area contributed by atoms with Crippen molar-refractivity contribution in [3.63, 3.8) is 0 Å². The number of nitriles is 1. The summed E-state index contributed by atoms with van der Waals surface area (Å²) < 4.78 is 5.25. The Morgan fingerprint density at radius 3 is 2.95 bits per heavy atom. The monoisotopic (exact) mass is 304 g/mol. The van der Waals surface area contributed by atoms with Gasteiger partial charge in [-0.25, -0.2) is 9.97 Å². The number of nitrogen functional groups attached to an aromatic ring is 1. The number of hydrogen-bond acceptors (Lipinski definition) is 8. The molecule has 110 valence electrons. The Labute approximate surface area is 127 Å². The highest BCUT2D eigenvalue weighted by Gasteiger charge is 2.17. The third-order valence-electron chi connectivity index (χ3n) is 2.78. The lowest BCUT2D eigenvalue weighted by Gasteiger charge is -2.05. The highest BCUT2D eigenvalue weighted by molar-refractivity contribution is 7.99. The van der Waals surface area contributed by atoms with Gasteiger partial charge in [0.15, 0.2) is 11.0 Å². The number of nitrogens with zero attached hydrogens (tertiary/aromatic N) is 5. The minimum Gasteiger partial charge on any atom is -0.382 e. The molecule has 0 amide bonds. The minimum absolute atomic E-state index is 0.0831. The van der Waals surface area contributed by atoms with Gasteiger partial charge >= 0.3 is 0 Å². The first-order valence-electron chi connectivity index (χ1n) is 6.65. The summed E-state index contributed by atoms with van der Waals surface area (Å²) >= 11 is 1.36. The molecule has 7 nitrogen and oxygen atoms in total. The van der Waals surface area contributed by atoms with Gasteiger partial charge in [-0.15, -0.1) is 0 Å². The molecule has 0 fully saturated rings. The van der Waals surface area contributed by atoms with E-state index in [0.29, 0.717) is 11.0 Å². The third-order valence-corrected chi connectivity index (χ3v) is 3.75. The Bertz CT molecular complexity index is 650. The lowest BCUT2D eigenvalue weighted by atomic mass is 10.2. The molecule has 0 saturated carbocycles. The van der Waals surface area contributed by atoms with Crippen LogP contribution < -0.4 is 5.73 Å². The quantitative estimate of drug-likeness (QED) is 0.639. The van der Waals surface area contributed by atoms with E-state index >= 15 is 0 Å². The van der Waals surface area contributed by atoms with Crippen molar-refractivity contribution in [2.75, 3.05) is 5.73 Å². The fraction of sp³-hybridized carbons (Fsp3) is 0.462. The van der Waals surface area contributed by atoms with Crippen molar-refractivity contribution in [2.24, 2.45) is 0 Å². The van der Waals surface area contributed by atoms with Gasteiger partial charge in [0.25, 0.3) is 0 Å². The van der Waals surface area contributed by atoms with Gasteiger partial charge < -0.3 is 10.3 Å². The number of aromatic nitrogens is 4. The molecule has 0 spiro atoms. The zero-order chi connectivity index (χ0) is 15.2.